The van der Waals surface area contributed by atoms with E-state index < -0.39 is 5.60 Å². The van der Waals surface area contributed by atoms with Gasteiger partial charge in [0, 0.05) is 18.6 Å². The quantitative estimate of drug-likeness (QED) is 0.720. The molecule has 1 N–H and O–H groups in total. The number of hydrogen-bond donors (Lipinski definition) is 1. The minimum atomic E-state index is -0.447. The summed E-state index contributed by atoms with van der Waals surface area (Å²) >= 11 is 0. The molecular formula is C22H28N4O3. The lowest BCUT2D eigenvalue weighted by Crippen LogP contribution is -2.48. The van der Waals surface area contributed by atoms with Crippen LogP contribution in [0.2, 0.25) is 0 Å². The van der Waals surface area contributed by atoms with Crippen LogP contribution in [-0.4, -0.2) is 41.0 Å². The minimum absolute atomic E-state index is 0.144. The molecule has 2 fully saturated rings. The molecule has 1 aliphatic heterocycles. The third-order valence-corrected chi connectivity index (χ3v) is 6.21. The zero-order chi connectivity index (χ0) is 20.3. The molecule has 2 aromatic rings. The molecule has 7 nitrogen and oxygen atoms in total. The Morgan fingerprint density at radius 2 is 2.31 bits per heavy atom. The standard InChI is InChI=1S/C22H28N4O3/c1-2-3-9-28-15-21(7-4-8-22(12-21)13-24-20(27)29-22)14-26-16-25-18-6-5-17(11-23)10-19(18)26/h5-6,10,16H,2-4,7-9,12-15H2,1H3,(H,24,27)/t21-,22+/m1/s1. The van der Waals surface area contributed by atoms with E-state index in [4.69, 9.17) is 9.47 Å². The molecule has 4 rings (SSSR count). The summed E-state index contributed by atoms with van der Waals surface area (Å²) in [5.74, 6) is 0. The molecule has 0 radical (unpaired) electrons. The fraction of sp³-hybridized carbons (Fsp3) is 0.591. The molecule has 1 aromatic heterocycles. The van der Waals surface area contributed by atoms with E-state index in [-0.39, 0.29) is 11.5 Å². The number of nitrogens with one attached hydrogen (secondary N) is 1. The zero-order valence-electron chi connectivity index (χ0n) is 16.9. The fourth-order valence-corrected chi connectivity index (χ4v) is 4.84. The Bertz CT molecular complexity index is 934. The molecule has 154 valence electrons. The van der Waals surface area contributed by atoms with Crippen LogP contribution in [0.3, 0.4) is 0 Å². The van der Waals surface area contributed by atoms with Crippen molar-refractivity contribution in [1.82, 2.24) is 14.9 Å². The lowest BCUT2D eigenvalue weighted by atomic mass is 9.67. The Kier molecular flexibility index (Phi) is 5.46. The highest BCUT2D eigenvalue weighted by atomic mass is 16.6. The van der Waals surface area contributed by atoms with E-state index in [1.807, 2.05) is 18.5 Å². The van der Waals surface area contributed by atoms with Crippen LogP contribution >= 0.6 is 0 Å². The van der Waals surface area contributed by atoms with Crippen molar-refractivity contribution in [2.24, 2.45) is 5.41 Å². The first-order chi connectivity index (χ1) is 14.1. The number of ether oxygens (including phenoxy) is 2. The summed E-state index contributed by atoms with van der Waals surface area (Å²) < 4.78 is 14.0. The van der Waals surface area contributed by atoms with Crippen LogP contribution < -0.4 is 5.32 Å². The first-order valence-electron chi connectivity index (χ1n) is 10.5. The molecule has 1 spiro atoms. The van der Waals surface area contributed by atoms with Gasteiger partial charge < -0.3 is 19.4 Å². The molecule has 2 aliphatic rings. The van der Waals surface area contributed by atoms with Crippen LogP contribution in [0.4, 0.5) is 4.79 Å². The van der Waals surface area contributed by atoms with Crippen LogP contribution in [0.5, 0.6) is 0 Å². The van der Waals surface area contributed by atoms with Gasteiger partial charge in [-0.3, -0.25) is 0 Å². The van der Waals surface area contributed by atoms with Gasteiger partial charge in [-0.25, -0.2) is 9.78 Å². The third kappa shape index (κ3) is 4.08. The number of nitriles is 1. The maximum atomic E-state index is 11.8. The van der Waals surface area contributed by atoms with Crippen molar-refractivity contribution in [2.75, 3.05) is 19.8 Å². The summed E-state index contributed by atoms with van der Waals surface area (Å²) in [6.07, 6.45) is 7.31. The first-order valence-corrected chi connectivity index (χ1v) is 10.5. The monoisotopic (exact) mass is 396 g/mol. The first kappa shape index (κ1) is 19.7. The maximum absolute atomic E-state index is 11.8. The highest BCUT2D eigenvalue weighted by molar-refractivity contribution is 5.77. The normalized spacial score (nSPS) is 26.4. The van der Waals surface area contributed by atoms with Crippen molar-refractivity contribution in [1.29, 1.82) is 5.26 Å². The Labute approximate surface area is 171 Å². The zero-order valence-corrected chi connectivity index (χ0v) is 16.9. The molecule has 1 amide bonds. The number of nitrogens with zero attached hydrogens (tertiary/aromatic N) is 3. The van der Waals surface area contributed by atoms with Crippen LogP contribution in [-0.2, 0) is 16.0 Å². The molecule has 2 atom stereocenters. The average molecular weight is 396 g/mol. The Balaban J connectivity index is 1.62. The molecule has 0 bridgehead atoms. The van der Waals surface area contributed by atoms with Gasteiger partial charge in [-0.15, -0.1) is 0 Å². The number of alkyl carbamates (subject to hydrolysis) is 1. The van der Waals surface area contributed by atoms with Gasteiger partial charge in [0.25, 0.3) is 0 Å². The smallest absolute Gasteiger partial charge is 0.407 e. The Morgan fingerprint density at radius 1 is 1.41 bits per heavy atom. The van der Waals surface area contributed by atoms with Gasteiger partial charge in [-0.2, -0.15) is 5.26 Å². The van der Waals surface area contributed by atoms with Crippen molar-refractivity contribution in [3.05, 3.63) is 30.1 Å². The Morgan fingerprint density at radius 3 is 3.07 bits per heavy atom. The molecule has 29 heavy (non-hydrogen) atoms. The van der Waals surface area contributed by atoms with Gasteiger partial charge in [0.15, 0.2) is 0 Å². The van der Waals surface area contributed by atoms with Crippen molar-refractivity contribution in [3.8, 4) is 6.07 Å². The lowest BCUT2D eigenvalue weighted by Gasteiger charge is -2.44. The number of imidazole rings is 1. The molecule has 0 unspecified atom stereocenters. The van der Waals surface area contributed by atoms with Crippen LogP contribution in [0, 0.1) is 16.7 Å². The predicted octanol–water partition coefficient (Wildman–Crippen LogP) is 3.76. The average Bonchev–Trinajstić information content (AvgIpc) is 3.28. The minimum Gasteiger partial charge on any atom is -0.441 e. The molecule has 7 heteroatoms. The van der Waals surface area contributed by atoms with E-state index in [0.29, 0.717) is 18.7 Å². The van der Waals surface area contributed by atoms with Gasteiger partial charge in [0.1, 0.15) is 5.60 Å². The lowest BCUT2D eigenvalue weighted by molar-refractivity contribution is -0.0699. The highest BCUT2D eigenvalue weighted by Gasteiger charge is 2.50. The number of fused-ring (bicyclic) bond motifs is 1. The number of unbranched alkanes of at least 4 members (excludes halogenated alkanes) is 1. The maximum Gasteiger partial charge on any atom is 0.407 e. The SMILES string of the molecule is CCCCOC[C@]1(Cn2cnc3ccc(C#N)cc32)CCC[C@@]2(CNC(=O)O2)C1. The van der Waals surface area contributed by atoms with E-state index in [2.05, 4.69) is 27.9 Å². The number of hydrogen-bond acceptors (Lipinski definition) is 5. The Hall–Kier alpha value is -2.59. The number of carbonyl (C=O) groups is 1. The van der Waals surface area contributed by atoms with Crippen molar-refractivity contribution in [3.63, 3.8) is 0 Å². The van der Waals surface area contributed by atoms with Crippen LogP contribution in [0.1, 0.15) is 51.0 Å². The summed E-state index contributed by atoms with van der Waals surface area (Å²) in [6.45, 7) is 4.81. The summed E-state index contributed by atoms with van der Waals surface area (Å²) in [6, 6.07) is 7.79. The van der Waals surface area contributed by atoms with Gasteiger partial charge in [-0.05, 0) is 50.3 Å². The number of rotatable bonds is 7. The van der Waals surface area contributed by atoms with Crippen molar-refractivity contribution < 1.29 is 14.3 Å². The predicted molar refractivity (Wildman–Crippen MR) is 108 cm³/mol. The fourth-order valence-electron chi connectivity index (χ4n) is 4.84. The van der Waals surface area contributed by atoms with Gasteiger partial charge in [-0.1, -0.05) is 13.3 Å². The van der Waals surface area contributed by atoms with Crippen molar-refractivity contribution in [2.45, 2.75) is 57.6 Å². The number of carbonyl (C=O) groups excluding carboxylic acids is 1. The van der Waals surface area contributed by atoms with Crippen LogP contribution in [0.15, 0.2) is 24.5 Å². The molecule has 1 saturated heterocycles. The van der Waals surface area contributed by atoms with E-state index >= 15 is 0 Å². The second kappa shape index (κ2) is 8.03. The molecule has 1 aliphatic carbocycles. The third-order valence-electron chi connectivity index (χ3n) is 6.21. The van der Waals surface area contributed by atoms with Gasteiger partial charge in [0.2, 0.25) is 0 Å². The van der Waals surface area contributed by atoms with Crippen LogP contribution in [0.25, 0.3) is 11.0 Å². The number of amides is 1. The summed E-state index contributed by atoms with van der Waals surface area (Å²) in [4.78, 5) is 16.3. The number of benzene rings is 1. The highest BCUT2D eigenvalue weighted by Crippen LogP contribution is 2.46. The van der Waals surface area contributed by atoms with E-state index in [9.17, 15) is 10.1 Å². The van der Waals surface area contributed by atoms with E-state index in [0.717, 1.165) is 62.7 Å². The van der Waals surface area contributed by atoms with E-state index in [1.54, 1.807) is 6.07 Å². The summed E-state index contributed by atoms with van der Waals surface area (Å²) in [5.41, 5.74) is 1.87. The molecule has 1 aromatic carbocycles. The number of aromatic nitrogens is 2. The topological polar surface area (TPSA) is 89.2 Å². The largest absolute Gasteiger partial charge is 0.441 e. The summed E-state index contributed by atoms with van der Waals surface area (Å²) in [7, 11) is 0. The van der Waals surface area contributed by atoms with Gasteiger partial charge in [0.05, 0.1) is 42.1 Å². The van der Waals surface area contributed by atoms with E-state index in [1.165, 1.54) is 0 Å². The van der Waals surface area contributed by atoms with Crippen molar-refractivity contribution >= 4 is 17.1 Å². The molecule has 1 saturated carbocycles. The summed E-state index contributed by atoms with van der Waals surface area (Å²) in [5, 5.41) is 12.1. The van der Waals surface area contributed by atoms with Gasteiger partial charge >= 0.3 is 6.09 Å². The molecule has 2 heterocycles. The molecular weight excluding hydrogens is 368 g/mol. The second-order valence-corrected chi connectivity index (χ2v) is 8.55. The second-order valence-electron chi connectivity index (χ2n) is 8.55.